The molecule has 18 heavy (non-hydrogen) atoms. The molecule has 0 aliphatic heterocycles. The fourth-order valence-corrected chi connectivity index (χ4v) is 2.12. The van der Waals surface area contributed by atoms with Gasteiger partial charge in [0.15, 0.2) is 0 Å². The molecule has 0 bridgehead atoms. The third-order valence-electron chi connectivity index (χ3n) is 2.44. The van der Waals surface area contributed by atoms with E-state index in [1.165, 1.54) is 0 Å². The molecule has 0 aliphatic carbocycles. The molecule has 1 rings (SSSR count). The Labute approximate surface area is 116 Å². The van der Waals surface area contributed by atoms with Gasteiger partial charge >= 0.3 is 0 Å². The van der Waals surface area contributed by atoms with E-state index in [-0.39, 0.29) is 11.9 Å². The largest absolute Gasteiger partial charge is 0.492 e. The minimum Gasteiger partial charge on any atom is -0.492 e. The molecule has 4 nitrogen and oxygen atoms in total. The molecular weight excluding hydrogens is 296 g/mol. The topological polar surface area (TPSA) is 64.3 Å². The molecule has 0 radical (unpaired) electrons. The summed E-state index contributed by atoms with van der Waals surface area (Å²) in [5.41, 5.74) is 6.86. The molecule has 1 aromatic carbocycles. The number of nitrogens with one attached hydrogen (secondary N) is 1. The average molecular weight is 315 g/mol. The number of hydrogen-bond donors (Lipinski definition) is 2. The van der Waals surface area contributed by atoms with Crippen LogP contribution >= 0.6 is 15.9 Å². The van der Waals surface area contributed by atoms with Crippen LogP contribution in [-0.2, 0) is 11.2 Å². The summed E-state index contributed by atoms with van der Waals surface area (Å²) in [4.78, 5) is 11.1. The first-order valence-corrected chi connectivity index (χ1v) is 6.70. The van der Waals surface area contributed by atoms with Crippen molar-refractivity contribution in [1.82, 2.24) is 5.32 Å². The summed E-state index contributed by atoms with van der Waals surface area (Å²) in [6.45, 7) is 2.31. The molecule has 0 spiro atoms. The van der Waals surface area contributed by atoms with Crippen molar-refractivity contribution < 1.29 is 9.53 Å². The highest BCUT2D eigenvalue weighted by molar-refractivity contribution is 9.10. The fourth-order valence-electron chi connectivity index (χ4n) is 1.59. The summed E-state index contributed by atoms with van der Waals surface area (Å²) in [6.07, 6.45) is 1.09. The lowest BCUT2D eigenvalue weighted by molar-refractivity contribution is -0.121. The van der Waals surface area contributed by atoms with Gasteiger partial charge in [-0.3, -0.25) is 4.79 Å². The van der Waals surface area contributed by atoms with Gasteiger partial charge in [-0.1, -0.05) is 12.1 Å². The van der Waals surface area contributed by atoms with E-state index in [1.54, 1.807) is 7.05 Å². The quantitative estimate of drug-likeness (QED) is 0.842. The normalized spacial score (nSPS) is 12.0. The lowest BCUT2D eigenvalue weighted by atomic mass is 10.1. The second kappa shape index (κ2) is 7.38. The third kappa shape index (κ3) is 4.66. The van der Waals surface area contributed by atoms with Crippen molar-refractivity contribution in [2.45, 2.75) is 25.8 Å². The molecule has 0 aliphatic rings. The zero-order valence-corrected chi connectivity index (χ0v) is 12.3. The average Bonchev–Trinajstić information content (AvgIpc) is 2.31. The Bertz CT molecular complexity index is 408. The van der Waals surface area contributed by atoms with Gasteiger partial charge in [-0.05, 0) is 40.9 Å². The SMILES string of the molecule is CNC(=O)CCOc1c(Br)cccc1CC(C)N. The summed E-state index contributed by atoms with van der Waals surface area (Å²) in [5, 5.41) is 2.56. The number of hydrogen-bond acceptors (Lipinski definition) is 3. The molecule has 0 heterocycles. The molecular formula is C13H19BrN2O2. The van der Waals surface area contributed by atoms with E-state index in [4.69, 9.17) is 10.5 Å². The van der Waals surface area contributed by atoms with Crippen LogP contribution in [0.3, 0.4) is 0 Å². The predicted octanol–water partition coefficient (Wildman–Crippen LogP) is 1.85. The zero-order chi connectivity index (χ0) is 13.5. The molecule has 0 saturated carbocycles. The number of rotatable bonds is 6. The van der Waals surface area contributed by atoms with Gasteiger partial charge in [-0.25, -0.2) is 0 Å². The van der Waals surface area contributed by atoms with Gasteiger partial charge in [-0.2, -0.15) is 0 Å². The molecule has 0 fully saturated rings. The van der Waals surface area contributed by atoms with Crippen LogP contribution in [0.2, 0.25) is 0 Å². The molecule has 0 saturated heterocycles. The maximum atomic E-state index is 11.1. The highest BCUT2D eigenvalue weighted by Gasteiger charge is 2.10. The van der Waals surface area contributed by atoms with Crippen molar-refractivity contribution in [3.8, 4) is 5.75 Å². The maximum absolute atomic E-state index is 11.1. The zero-order valence-electron chi connectivity index (χ0n) is 10.7. The minimum absolute atomic E-state index is 0.0317. The van der Waals surface area contributed by atoms with Crippen molar-refractivity contribution in [1.29, 1.82) is 0 Å². The van der Waals surface area contributed by atoms with Gasteiger partial charge in [0, 0.05) is 13.1 Å². The number of nitrogens with two attached hydrogens (primary N) is 1. The lowest BCUT2D eigenvalue weighted by Crippen LogP contribution is -2.21. The van der Waals surface area contributed by atoms with Crippen molar-refractivity contribution in [3.63, 3.8) is 0 Å². The van der Waals surface area contributed by atoms with Crippen molar-refractivity contribution in [2.24, 2.45) is 5.73 Å². The Morgan fingerprint density at radius 2 is 2.28 bits per heavy atom. The molecule has 0 aromatic heterocycles. The first-order chi connectivity index (χ1) is 8.54. The first-order valence-electron chi connectivity index (χ1n) is 5.91. The van der Waals surface area contributed by atoms with Crippen LogP contribution in [0, 0.1) is 0 Å². The summed E-state index contributed by atoms with van der Waals surface area (Å²) in [5.74, 6) is 0.745. The first kappa shape index (κ1) is 15.0. The van der Waals surface area contributed by atoms with Crippen LogP contribution in [0.4, 0.5) is 0 Å². The number of carbonyl (C=O) groups is 1. The van der Waals surface area contributed by atoms with Gasteiger partial charge in [0.1, 0.15) is 5.75 Å². The summed E-state index contributed by atoms with van der Waals surface area (Å²) < 4.78 is 6.56. The highest BCUT2D eigenvalue weighted by atomic mass is 79.9. The van der Waals surface area contributed by atoms with Gasteiger partial charge in [0.25, 0.3) is 0 Å². The van der Waals surface area contributed by atoms with Gasteiger partial charge in [0.05, 0.1) is 17.5 Å². The Kier molecular flexibility index (Phi) is 6.15. The Morgan fingerprint density at radius 3 is 2.89 bits per heavy atom. The van der Waals surface area contributed by atoms with Crippen LogP contribution in [-0.4, -0.2) is 25.6 Å². The molecule has 1 amide bonds. The molecule has 5 heteroatoms. The van der Waals surface area contributed by atoms with Gasteiger partial charge < -0.3 is 15.8 Å². The van der Waals surface area contributed by atoms with E-state index in [9.17, 15) is 4.79 Å². The van der Waals surface area contributed by atoms with Crippen LogP contribution < -0.4 is 15.8 Å². The van der Waals surface area contributed by atoms with E-state index in [0.717, 1.165) is 22.2 Å². The minimum atomic E-state index is -0.0317. The van der Waals surface area contributed by atoms with Crippen LogP contribution in [0.1, 0.15) is 18.9 Å². The Hall–Kier alpha value is -1.07. The second-order valence-corrected chi connectivity index (χ2v) is 5.04. The number of ether oxygens (including phenoxy) is 1. The predicted molar refractivity (Wildman–Crippen MR) is 75.7 cm³/mol. The highest BCUT2D eigenvalue weighted by Crippen LogP contribution is 2.29. The van der Waals surface area contributed by atoms with Gasteiger partial charge in [0.2, 0.25) is 5.91 Å². The monoisotopic (exact) mass is 314 g/mol. The van der Waals surface area contributed by atoms with E-state index >= 15 is 0 Å². The third-order valence-corrected chi connectivity index (χ3v) is 3.07. The smallest absolute Gasteiger partial charge is 0.223 e. The van der Waals surface area contributed by atoms with E-state index < -0.39 is 0 Å². The number of carbonyl (C=O) groups excluding carboxylic acids is 1. The van der Waals surface area contributed by atoms with Crippen molar-refractivity contribution >= 4 is 21.8 Å². The number of benzene rings is 1. The van der Waals surface area contributed by atoms with E-state index in [2.05, 4.69) is 21.2 Å². The Balaban J connectivity index is 2.70. The molecule has 100 valence electrons. The van der Waals surface area contributed by atoms with Crippen LogP contribution in [0.5, 0.6) is 5.75 Å². The summed E-state index contributed by atoms with van der Waals surface area (Å²) in [7, 11) is 1.61. The number of para-hydroxylation sites is 1. The van der Waals surface area contributed by atoms with Crippen LogP contribution in [0.25, 0.3) is 0 Å². The number of halogens is 1. The van der Waals surface area contributed by atoms with E-state index in [0.29, 0.717) is 13.0 Å². The van der Waals surface area contributed by atoms with E-state index in [1.807, 2.05) is 25.1 Å². The van der Waals surface area contributed by atoms with Crippen molar-refractivity contribution in [2.75, 3.05) is 13.7 Å². The molecule has 1 unspecified atom stereocenters. The molecule has 1 atom stereocenters. The number of amides is 1. The lowest BCUT2D eigenvalue weighted by Gasteiger charge is -2.14. The fraction of sp³-hybridized carbons (Fsp3) is 0.462. The van der Waals surface area contributed by atoms with Crippen molar-refractivity contribution in [3.05, 3.63) is 28.2 Å². The Morgan fingerprint density at radius 1 is 1.56 bits per heavy atom. The standard InChI is InChI=1S/C13H19BrN2O2/c1-9(15)8-10-4-3-5-11(14)13(10)18-7-6-12(17)16-2/h3-5,9H,6-8,15H2,1-2H3,(H,16,17). The second-order valence-electron chi connectivity index (χ2n) is 4.18. The maximum Gasteiger partial charge on any atom is 0.223 e. The molecule has 3 N–H and O–H groups in total. The van der Waals surface area contributed by atoms with Crippen LogP contribution in [0.15, 0.2) is 22.7 Å². The summed E-state index contributed by atoms with van der Waals surface area (Å²) in [6, 6.07) is 5.93. The summed E-state index contributed by atoms with van der Waals surface area (Å²) >= 11 is 3.45. The van der Waals surface area contributed by atoms with Gasteiger partial charge in [-0.15, -0.1) is 0 Å². The molecule has 1 aromatic rings.